The Bertz CT molecular complexity index is 961. The van der Waals surface area contributed by atoms with E-state index in [0.717, 1.165) is 23.5 Å². The van der Waals surface area contributed by atoms with Gasteiger partial charge in [0.1, 0.15) is 0 Å². The summed E-state index contributed by atoms with van der Waals surface area (Å²) in [6.45, 7) is 12.7. The lowest BCUT2D eigenvalue weighted by Gasteiger charge is -2.09. The molecule has 2 rings (SSSR count). The van der Waals surface area contributed by atoms with E-state index < -0.39 is 10.0 Å². The summed E-state index contributed by atoms with van der Waals surface area (Å²) in [5.41, 5.74) is 4.09. The van der Waals surface area contributed by atoms with Crippen LogP contribution in [0.2, 0.25) is 0 Å². The first-order valence-corrected chi connectivity index (χ1v) is 11.3. The third-order valence-corrected chi connectivity index (χ3v) is 5.77. The third-order valence-electron chi connectivity index (χ3n) is 4.45. The SMILES string of the molecule is C=CCNS(=O)(=O)Cc1ccc(NC(=O)Cc2c(C)nn(CC(C)C)c2C)cc1. The number of benzene rings is 1. The largest absolute Gasteiger partial charge is 0.326 e. The maximum atomic E-state index is 12.5. The normalized spacial score (nSPS) is 11.6. The van der Waals surface area contributed by atoms with Crippen molar-refractivity contribution < 1.29 is 13.2 Å². The van der Waals surface area contributed by atoms with Gasteiger partial charge in [-0.1, -0.05) is 32.1 Å². The first-order chi connectivity index (χ1) is 13.6. The molecule has 158 valence electrons. The average Bonchev–Trinajstić information content (AvgIpc) is 2.88. The topological polar surface area (TPSA) is 93.1 Å². The Morgan fingerprint density at radius 1 is 1.24 bits per heavy atom. The van der Waals surface area contributed by atoms with E-state index in [1.165, 1.54) is 6.08 Å². The predicted molar refractivity (Wildman–Crippen MR) is 116 cm³/mol. The molecular formula is C21H30N4O3S. The fourth-order valence-electron chi connectivity index (χ4n) is 3.02. The first kappa shape index (κ1) is 22.8. The molecule has 1 heterocycles. The van der Waals surface area contributed by atoms with Crippen molar-refractivity contribution in [2.24, 2.45) is 5.92 Å². The van der Waals surface area contributed by atoms with Crippen LogP contribution in [0, 0.1) is 19.8 Å². The zero-order valence-electron chi connectivity index (χ0n) is 17.5. The van der Waals surface area contributed by atoms with Crippen LogP contribution >= 0.6 is 0 Å². The maximum absolute atomic E-state index is 12.5. The van der Waals surface area contributed by atoms with Gasteiger partial charge in [0.15, 0.2) is 0 Å². The maximum Gasteiger partial charge on any atom is 0.228 e. The van der Waals surface area contributed by atoms with Crippen LogP contribution in [0.15, 0.2) is 36.9 Å². The van der Waals surface area contributed by atoms with Gasteiger partial charge in [0, 0.05) is 30.0 Å². The average molecular weight is 419 g/mol. The van der Waals surface area contributed by atoms with Crippen LogP contribution in [-0.4, -0.2) is 30.7 Å². The van der Waals surface area contributed by atoms with E-state index in [1.807, 2.05) is 18.5 Å². The van der Waals surface area contributed by atoms with Crippen LogP contribution in [0.3, 0.4) is 0 Å². The van der Waals surface area contributed by atoms with Crippen LogP contribution < -0.4 is 10.0 Å². The second kappa shape index (κ2) is 9.84. The Labute approximate surface area is 173 Å². The van der Waals surface area contributed by atoms with E-state index in [0.29, 0.717) is 17.2 Å². The van der Waals surface area contributed by atoms with Gasteiger partial charge in [-0.3, -0.25) is 9.48 Å². The third kappa shape index (κ3) is 6.83. The minimum atomic E-state index is -3.41. The lowest BCUT2D eigenvalue weighted by molar-refractivity contribution is -0.115. The zero-order valence-corrected chi connectivity index (χ0v) is 18.3. The molecule has 0 fully saturated rings. The highest BCUT2D eigenvalue weighted by atomic mass is 32.2. The Kier molecular flexibility index (Phi) is 7.75. The van der Waals surface area contributed by atoms with Crippen molar-refractivity contribution >= 4 is 21.6 Å². The van der Waals surface area contributed by atoms with Crippen LogP contribution in [-0.2, 0) is 33.5 Å². The van der Waals surface area contributed by atoms with Crippen LogP contribution in [0.1, 0.15) is 36.4 Å². The number of carbonyl (C=O) groups excluding carboxylic acids is 1. The van der Waals surface area contributed by atoms with Gasteiger partial charge in [0.05, 0.1) is 17.9 Å². The van der Waals surface area contributed by atoms with E-state index in [4.69, 9.17) is 0 Å². The second-order valence-corrected chi connectivity index (χ2v) is 9.35. The summed E-state index contributed by atoms with van der Waals surface area (Å²) in [6.07, 6.45) is 1.74. The predicted octanol–water partition coefficient (Wildman–Crippen LogP) is 2.94. The number of aromatic nitrogens is 2. The molecule has 7 nitrogen and oxygen atoms in total. The van der Waals surface area contributed by atoms with Crippen molar-refractivity contribution in [3.8, 4) is 0 Å². The summed E-state index contributed by atoms with van der Waals surface area (Å²) in [5, 5.41) is 7.41. The standard InChI is InChI=1S/C21H30N4O3S/c1-6-11-22-29(27,28)14-18-7-9-19(10-8-18)23-21(26)12-20-16(4)24-25(17(20)5)13-15(2)3/h6-10,15,22H,1,11-14H2,2-5H3,(H,23,26). The number of nitrogens with one attached hydrogen (secondary N) is 2. The molecule has 0 saturated heterocycles. The molecule has 2 N–H and O–H groups in total. The summed E-state index contributed by atoms with van der Waals surface area (Å²) in [7, 11) is -3.41. The van der Waals surface area contributed by atoms with Gasteiger partial charge >= 0.3 is 0 Å². The van der Waals surface area contributed by atoms with Gasteiger partial charge in [0.2, 0.25) is 15.9 Å². The minimum Gasteiger partial charge on any atom is -0.326 e. The fourth-order valence-corrected chi connectivity index (χ4v) is 4.12. The molecule has 0 atom stereocenters. The summed E-state index contributed by atoms with van der Waals surface area (Å²) in [6, 6.07) is 6.80. The molecule has 0 aliphatic carbocycles. The minimum absolute atomic E-state index is 0.123. The molecule has 0 radical (unpaired) electrons. The molecule has 29 heavy (non-hydrogen) atoms. The molecule has 0 unspecified atom stereocenters. The van der Waals surface area contributed by atoms with E-state index in [2.05, 4.69) is 35.6 Å². The lowest BCUT2D eigenvalue weighted by atomic mass is 10.1. The highest BCUT2D eigenvalue weighted by molar-refractivity contribution is 7.88. The summed E-state index contributed by atoms with van der Waals surface area (Å²) < 4.78 is 28.2. The van der Waals surface area contributed by atoms with Gasteiger partial charge in [-0.2, -0.15) is 5.10 Å². The number of nitrogens with zero attached hydrogens (tertiary/aromatic N) is 2. The molecule has 8 heteroatoms. The Hall–Kier alpha value is -2.45. The molecule has 0 spiro atoms. The Morgan fingerprint density at radius 2 is 1.90 bits per heavy atom. The number of rotatable bonds is 10. The van der Waals surface area contributed by atoms with Crippen molar-refractivity contribution in [2.75, 3.05) is 11.9 Å². The second-order valence-electron chi connectivity index (χ2n) is 7.54. The molecule has 0 saturated carbocycles. The van der Waals surface area contributed by atoms with E-state index in [-0.39, 0.29) is 24.6 Å². The first-order valence-electron chi connectivity index (χ1n) is 9.61. The van der Waals surface area contributed by atoms with Crippen molar-refractivity contribution in [1.29, 1.82) is 0 Å². The van der Waals surface area contributed by atoms with Crippen molar-refractivity contribution in [1.82, 2.24) is 14.5 Å². The Balaban J connectivity index is 2.00. The van der Waals surface area contributed by atoms with Crippen LogP contribution in [0.4, 0.5) is 5.69 Å². The van der Waals surface area contributed by atoms with E-state index >= 15 is 0 Å². The van der Waals surface area contributed by atoms with Crippen molar-refractivity contribution in [3.05, 3.63) is 59.4 Å². The monoisotopic (exact) mass is 418 g/mol. The number of aryl methyl sites for hydroxylation is 1. The lowest BCUT2D eigenvalue weighted by Crippen LogP contribution is -2.25. The number of amides is 1. The van der Waals surface area contributed by atoms with Crippen molar-refractivity contribution in [2.45, 2.75) is 46.4 Å². The van der Waals surface area contributed by atoms with Gasteiger partial charge in [0.25, 0.3) is 0 Å². The number of anilines is 1. The number of sulfonamides is 1. The van der Waals surface area contributed by atoms with Gasteiger partial charge in [-0.25, -0.2) is 13.1 Å². The summed E-state index contributed by atoms with van der Waals surface area (Å²) in [5.74, 6) is 0.222. The molecule has 0 aliphatic heterocycles. The summed E-state index contributed by atoms with van der Waals surface area (Å²) >= 11 is 0. The number of hydrogen-bond acceptors (Lipinski definition) is 4. The smallest absolute Gasteiger partial charge is 0.228 e. The van der Waals surface area contributed by atoms with Crippen molar-refractivity contribution in [3.63, 3.8) is 0 Å². The fraction of sp³-hybridized carbons (Fsp3) is 0.429. The molecule has 1 aromatic heterocycles. The van der Waals surface area contributed by atoms with E-state index in [1.54, 1.807) is 24.3 Å². The van der Waals surface area contributed by atoms with Crippen LogP contribution in [0.25, 0.3) is 0 Å². The quantitative estimate of drug-likeness (QED) is 0.580. The molecule has 2 aromatic rings. The Morgan fingerprint density at radius 3 is 2.48 bits per heavy atom. The molecule has 0 aliphatic rings. The number of carbonyl (C=O) groups is 1. The highest BCUT2D eigenvalue weighted by Gasteiger charge is 2.16. The molecule has 1 amide bonds. The summed E-state index contributed by atoms with van der Waals surface area (Å²) in [4.78, 5) is 12.5. The van der Waals surface area contributed by atoms with Crippen LogP contribution in [0.5, 0.6) is 0 Å². The number of hydrogen-bond donors (Lipinski definition) is 2. The highest BCUT2D eigenvalue weighted by Crippen LogP contribution is 2.17. The molecular weight excluding hydrogens is 388 g/mol. The van der Waals surface area contributed by atoms with Gasteiger partial charge in [-0.05, 0) is 37.5 Å². The van der Waals surface area contributed by atoms with Gasteiger partial charge < -0.3 is 5.32 Å². The zero-order chi connectivity index (χ0) is 21.6. The van der Waals surface area contributed by atoms with E-state index in [9.17, 15) is 13.2 Å². The van der Waals surface area contributed by atoms with Gasteiger partial charge in [-0.15, -0.1) is 6.58 Å². The molecule has 0 bridgehead atoms. The molecule has 1 aromatic carbocycles.